The number of fused-ring (bicyclic) bond motifs is 1. The Morgan fingerprint density at radius 1 is 1.26 bits per heavy atom. The summed E-state index contributed by atoms with van der Waals surface area (Å²) in [5.74, 6) is -0.300. The molecule has 2 fully saturated rings. The van der Waals surface area contributed by atoms with Crippen molar-refractivity contribution < 1.29 is 14.2 Å². The molecule has 0 radical (unpaired) electrons. The zero-order valence-electron chi connectivity index (χ0n) is 20.2. The van der Waals surface area contributed by atoms with E-state index in [-0.39, 0.29) is 35.8 Å². The Kier molecular flexibility index (Phi) is 6.82. The molecule has 2 aliphatic rings. The molecule has 0 saturated carbocycles. The van der Waals surface area contributed by atoms with E-state index in [9.17, 15) is 14.3 Å². The smallest absolute Gasteiger partial charge is 0.223 e. The van der Waals surface area contributed by atoms with E-state index >= 15 is 0 Å². The van der Waals surface area contributed by atoms with Crippen LogP contribution >= 0.6 is 0 Å². The summed E-state index contributed by atoms with van der Waals surface area (Å²) >= 11 is 0. The molecule has 9 heteroatoms. The normalized spacial score (nSPS) is 21.2. The van der Waals surface area contributed by atoms with E-state index in [1.54, 1.807) is 18.2 Å². The fourth-order valence-electron chi connectivity index (χ4n) is 5.14. The summed E-state index contributed by atoms with van der Waals surface area (Å²) < 4.78 is 22.3. The number of benzene rings is 1. The largest absolute Gasteiger partial charge is 0.389 e. The number of aliphatic hydroxyl groups is 1. The van der Waals surface area contributed by atoms with Gasteiger partial charge >= 0.3 is 0 Å². The van der Waals surface area contributed by atoms with Gasteiger partial charge in [-0.05, 0) is 58.3 Å². The van der Waals surface area contributed by atoms with Gasteiger partial charge < -0.3 is 19.7 Å². The van der Waals surface area contributed by atoms with Crippen molar-refractivity contribution in [1.82, 2.24) is 19.4 Å². The lowest BCUT2D eigenvalue weighted by molar-refractivity contribution is -0.0136. The van der Waals surface area contributed by atoms with Crippen LogP contribution in [0.2, 0.25) is 0 Å². The summed E-state index contributed by atoms with van der Waals surface area (Å²) in [6.45, 7) is 7.75. The van der Waals surface area contributed by atoms with E-state index in [1.165, 1.54) is 12.8 Å². The van der Waals surface area contributed by atoms with E-state index in [2.05, 4.69) is 38.6 Å². The van der Waals surface area contributed by atoms with Crippen LogP contribution in [0.25, 0.3) is 22.2 Å². The average molecular weight is 482 g/mol. The van der Waals surface area contributed by atoms with Gasteiger partial charge in [-0.25, -0.2) is 14.4 Å². The third kappa shape index (κ3) is 4.94. The molecule has 2 atom stereocenters. The Morgan fingerprint density at radius 2 is 2.06 bits per heavy atom. The second kappa shape index (κ2) is 10.0. The third-order valence-electron chi connectivity index (χ3n) is 6.89. The van der Waals surface area contributed by atoms with Gasteiger partial charge in [-0.1, -0.05) is 6.07 Å². The maximum absolute atomic E-state index is 14.9. The SMILES string of the molecule is CC(C)n1c(CN2CCCC2)cc(=O)c2ccc(-c3nc(N[C@@H]4CCOC[C@H]4O)ncc3F)cc21. The lowest BCUT2D eigenvalue weighted by Gasteiger charge is -2.28. The van der Waals surface area contributed by atoms with Gasteiger partial charge in [0.25, 0.3) is 0 Å². The Morgan fingerprint density at radius 3 is 2.80 bits per heavy atom. The molecule has 0 bridgehead atoms. The molecular weight excluding hydrogens is 449 g/mol. The van der Waals surface area contributed by atoms with Crippen molar-refractivity contribution in [2.75, 3.05) is 31.6 Å². The summed E-state index contributed by atoms with van der Waals surface area (Å²) in [6.07, 6.45) is 3.42. The topological polar surface area (TPSA) is 92.5 Å². The molecule has 35 heavy (non-hydrogen) atoms. The Balaban J connectivity index is 1.55. The van der Waals surface area contributed by atoms with E-state index < -0.39 is 11.9 Å². The zero-order valence-corrected chi connectivity index (χ0v) is 20.2. The lowest BCUT2D eigenvalue weighted by Crippen LogP contribution is -2.42. The first-order valence-electron chi connectivity index (χ1n) is 12.4. The number of hydrogen-bond donors (Lipinski definition) is 2. The van der Waals surface area contributed by atoms with Gasteiger partial charge in [-0.15, -0.1) is 0 Å². The summed E-state index contributed by atoms with van der Waals surface area (Å²) in [5.41, 5.74) is 2.43. The first-order valence-corrected chi connectivity index (χ1v) is 12.4. The van der Waals surface area contributed by atoms with Gasteiger partial charge in [0.15, 0.2) is 11.2 Å². The highest BCUT2D eigenvalue weighted by Crippen LogP contribution is 2.28. The number of pyridine rings is 1. The van der Waals surface area contributed by atoms with Crippen LogP contribution in [0.5, 0.6) is 0 Å². The number of nitrogens with one attached hydrogen (secondary N) is 1. The van der Waals surface area contributed by atoms with Gasteiger partial charge in [-0.2, -0.15) is 0 Å². The highest BCUT2D eigenvalue weighted by atomic mass is 19.1. The van der Waals surface area contributed by atoms with Gasteiger partial charge in [0, 0.05) is 41.9 Å². The number of aromatic nitrogens is 3. The van der Waals surface area contributed by atoms with Crippen LogP contribution in [0.4, 0.5) is 10.3 Å². The van der Waals surface area contributed by atoms with Crippen molar-refractivity contribution in [2.45, 2.75) is 57.8 Å². The van der Waals surface area contributed by atoms with Gasteiger partial charge in [0.1, 0.15) is 5.69 Å². The van der Waals surface area contributed by atoms with Crippen molar-refractivity contribution in [2.24, 2.45) is 0 Å². The van der Waals surface area contributed by atoms with Gasteiger partial charge in [0.2, 0.25) is 5.95 Å². The Labute approximate surface area is 203 Å². The monoisotopic (exact) mass is 481 g/mol. The molecule has 0 unspecified atom stereocenters. The fraction of sp³-hybridized carbons (Fsp3) is 0.500. The number of aliphatic hydroxyl groups excluding tert-OH is 1. The van der Waals surface area contributed by atoms with Crippen molar-refractivity contribution >= 4 is 16.9 Å². The molecule has 2 saturated heterocycles. The molecular formula is C26H32FN5O3. The predicted octanol–water partition coefficient (Wildman–Crippen LogP) is 3.34. The van der Waals surface area contributed by atoms with E-state index in [0.717, 1.165) is 37.0 Å². The minimum absolute atomic E-state index is 0.0309. The number of nitrogens with zero attached hydrogens (tertiary/aromatic N) is 4. The van der Waals surface area contributed by atoms with Crippen LogP contribution in [0, 0.1) is 5.82 Å². The number of ether oxygens (including phenoxy) is 1. The molecule has 0 amide bonds. The summed E-state index contributed by atoms with van der Waals surface area (Å²) in [4.78, 5) is 23.9. The minimum Gasteiger partial charge on any atom is -0.389 e. The molecule has 186 valence electrons. The summed E-state index contributed by atoms with van der Waals surface area (Å²) in [6, 6.07) is 6.93. The molecule has 1 aromatic carbocycles. The number of likely N-dealkylation sites (tertiary alicyclic amines) is 1. The van der Waals surface area contributed by atoms with Crippen LogP contribution < -0.4 is 10.7 Å². The molecule has 3 aromatic rings. The van der Waals surface area contributed by atoms with Crippen LogP contribution in [0.15, 0.2) is 35.3 Å². The van der Waals surface area contributed by atoms with Crippen LogP contribution in [0.1, 0.15) is 44.8 Å². The highest BCUT2D eigenvalue weighted by molar-refractivity contribution is 5.84. The number of rotatable bonds is 6. The molecule has 0 aliphatic carbocycles. The maximum atomic E-state index is 14.9. The van der Waals surface area contributed by atoms with Crippen molar-refractivity contribution in [3.8, 4) is 11.3 Å². The Hall–Kier alpha value is -2.88. The molecule has 4 heterocycles. The molecule has 8 nitrogen and oxygen atoms in total. The second-order valence-electron chi connectivity index (χ2n) is 9.75. The van der Waals surface area contributed by atoms with Gasteiger partial charge in [-0.3, -0.25) is 9.69 Å². The van der Waals surface area contributed by atoms with Crippen molar-refractivity contribution in [1.29, 1.82) is 0 Å². The van der Waals surface area contributed by atoms with E-state index in [4.69, 9.17) is 4.74 Å². The third-order valence-corrected chi connectivity index (χ3v) is 6.89. The Bertz CT molecular complexity index is 1270. The molecule has 5 rings (SSSR count). The molecule has 2 N–H and O–H groups in total. The molecule has 2 aromatic heterocycles. The summed E-state index contributed by atoms with van der Waals surface area (Å²) in [7, 11) is 0. The molecule has 0 spiro atoms. The highest BCUT2D eigenvalue weighted by Gasteiger charge is 2.25. The molecule has 2 aliphatic heterocycles. The van der Waals surface area contributed by atoms with E-state index in [0.29, 0.717) is 24.0 Å². The first kappa shape index (κ1) is 23.8. The summed E-state index contributed by atoms with van der Waals surface area (Å²) in [5, 5.41) is 13.9. The van der Waals surface area contributed by atoms with Gasteiger partial charge in [0.05, 0.1) is 30.5 Å². The van der Waals surface area contributed by atoms with Crippen LogP contribution in [-0.4, -0.2) is 63.0 Å². The zero-order chi connectivity index (χ0) is 24.5. The fourth-order valence-corrected chi connectivity index (χ4v) is 5.14. The quantitative estimate of drug-likeness (QED) is 0.558. The van der Waals surface area contributed by atoms with Crippen LogP contribution in [0.3, 0.4) is 0 Å². The minimum atomic E-state index is -0.684. The number of anilines is 1. The maximum Gasteiger partial charge on any atom is 0.223 e. The second-order valence-corrected chi connectivity index (χ2v) is 9.75. The van der Waals surface area contributed by atoms with E-state index in [1.807, 2.05) is 6.07 Å². The van der Waals surface area contributed by atoms with Crippen LogP contribution in [-0.2, 0) is 11.3 Å². The van der Waals surface area contributed by atoms with Crippen molar-refractivity contribution in [3.63, 3.8) is 0 Å². The first-order chi connectivity index (χ1) is 16.9. The van der Waals surface area contributed by atoms with Crippen molar-refractivity contribution in [3.05, 3.63) is 52.2 Å². The lowest BCUT2D eigenvalue weighted by atomic mass is 10.1. The average Bonchev–Trinajstić information content (AvgIpc) is 3.34. The standard InChI is InChI=1S/C26H32FN5O3/c1-16(2)32-18(14-31-8-3-4-9-31)12-23(33)19-6-5-17(11-22(19)32)25-20(27)13-28-26(30-25)29-21-7-10-35-15-24(21)34/h5-6,11-13,16,21,24,34H,3-4,7-10,14-15H2,1-2H3,(H,28,29,30)/t21-,24-/m1/s1. The number of halogens is 1. The predicted molar refractivity (Wildman–Crippen MR) is 133 cm³/mol. The number of hydrogen-bond acceptors (Lipinski definition) is 7.